The molecule has 0 aromatic carbocycles. The minimum atomic E-state index is -1.70. The monoisotopic (exact) mass is 520 g/mol. The second-order valence-electron chi connectivity index (χ2n) is 12.6. The van der Waals surface area contributed by atoms with Gasteiger partial charge in [0.2, 0.25) is 0 Å². The Morgan fingerprint density at radius 3 is 1.64 bits per heavy atom. The summed E-state index contributed by atoms with van der Waals surface area (Å²) >= 11 is 0. The van der Waals surface area contributed by atoms with Gasteiger partial charge in [-0.1, -0.05) is 61.8 Å². The van der Waals surface area contributed by atoms with Crippen LogP contribution in [0.25, 0.3) is 0 Å². The Morgan fingerprint density at radius 2 is 1.17 bits per heavy atom. The first-order valence-corrected chi connectivity index (χ1v) is 17.0. The molecule has 0 spiro atoms. The molecule has 4 heteroatoms. The van der Waals surface area contributed by atoms with Crippen LogP contribution in [-0.2, 0) is 13.9 Å². The molecule has 0 aliphatic rings. The average Bonchev–Trinajstić information content (AvgIpc) is 2.70. The molecular weight excluding hydrogens is 460 g/mol. The van der Waals surface area contributed by atoms with Crippen LogP contribution < -0.4 is 0 Å². The molecule has 0 amide bonds. The first-order chi connectivity index (χ1) is 16.5. The van der Waals surface area contributed by atoms with Crippen LogP contribution in [0.1, 0.15) is 115 Å². The second-order valence-corrected chi connectivity index (χ2v) is 17.4. The van der Waals surface area contributed by atoms with Gasteiger partial charge in [0.25, 0.3) is 0 Å². The Morgan fingerprint density at radius 1 is 0.694 bits per heavy atom. The van der Waals surface area contributed by atoms with Crippen LogP contribution in [0.5, 0.6) is 0 Å². The van der Waals surface area contributed by atoms with Gasteiger partial charge in [-0.2, -0.15) is 0 Å². The number of hydrogen-bond donors (Lipinski definition) is 0. The number of rotatable bonds is 17. The van der Waals surface area contributed by atoms with Crippen LogP contribution in [0.2, 0.25) is 18.1 Å². The van der Waals surface area contributed by atoms with Crippen LogP contribution in [0.15, 0.2) is 46.6 Å². The van der Waals surface area contributed by atoms with Gasteiger partial charge in [0.05, 0.1) is 18.8 Å². The van der Waals surface area contributed by atoms with E-state index in [1.807, 2.05) is 0 Å². The van der Waals surface area contributed by atoms with E-state index in [9.17, 15) is 0 Å². The van der Waals surface area contributed by atoms with Gasteiger partial charge < -0.3 is 13.9 Å². The van der Waals surface area contributed by atoms with Crippen LogP contribution in [0.4, 0.5) is 0 Å². The summed E-state index contributed by atoms with van der Waals surface area (Å²) in [6.07, 6.45) is 15.5. The van der Waals surface area contributed by atoms with E-state index in [4.69, 9.17) is 13.9 Å². The Labute approximate surface area is 226 Å². The van der Waals surface area contributed by atoms with E-state index in [0.29, 0.717) is 6.61 Å². The molecule has 0 fully saturated rings. The molecule has 0 aliphatic carbocycles. The summed E-state index contributed by atoms with van der Waals surface area (Å²) in [6.45, 7) is 29.3. The summed E-state index contributed by atoms with van der Waals surface area (Å²) in [5.41, 5.74) is 5.49. The summed E-state index contributed by atoms with van der Waals surface area (Å²) in [4.78, 5) is 0. The number of hydrogen-bond acceptors (Lipinski definition) is 3. The SMILES string of the molecule is CC(C)=CCC/C(C)=C/CC/C(=C/CC/C(C)=C/CO[Si](C)(C)C(C)(C)C)C(OC(C)C)OC(C)C. The van der Waals surface area contributed by atoms with Gasteiger partial charge in [-0.3, -0.25) is 0 Å². The molecule has 0 atom stereocenters. The smallest absolute Gasteiger partial charge is 0.192 e. The Kier molecular flexibility index (Phi) is 17.1. The molecule has 0 saturated carbocycles. The molecule has 0 aromatic rings. The Hall–Kier alpha value is -0.943. The molecule has 0 aliphatic heterocycles. The lowest BCUT2D eigenvalue weighted by Crippen LogP contribution is -2.40. The van der Waals surface area contributed by atoms with Crippen molar-refractivity contribution in [3.05, 3.63) is 46.6 Å². The van der Waals surface area contributed by atoms with Crippen LogP contribution in [-0.4, -0.2) is 33.4 Å². The Balaban J connectivity index is 5.27. The summed E-state index contributed by atoms with van der Waals surface area (Å²) in [5.74, 6) is 0. The van der Waals surface area contributed by atoms with Crippen LogP contribution in [0.3, 0.4) is 0 Å². The summed E-state index contributed by atoms with van der Waals surface area (Å²) in [7, 11) is -1.70. The highest BCUT2D eigenvalue weighted by Crippen LogP contribution is 2.36. The van der Waals surface area contributed by atoms with E-state index in [2.05, 4.69) is 114 Å². The van der Waals surface area contributed by atoms with Gasteiger partial charge in [0.15, 0.2) is 14.6 Å². The molecule has 36 heavy (non-hydrogen) atoms. The van der Waals surface area contributed by atoms with Crippen molar-refractivity contribution in [1.29, 1.82) is 0 Å². The molecule has 210 valence electrons. The van der Waals surface area contributed by atoms with Crippen molar-refractivity contribution < 1.29 is 13.9 Å². The predicted molar refractivity (Wildman–Crippen MR) is 162 cm³/mol. The average molecular weight is 521 g/mol. The normalized spacial score (nSPS) is 14.4. The highest BCUT2D eigenvalue weighted by Gasteiger charge is 2.36. The minimum absolute atomic E-state index is 0.118. The lowest BCUT2D eigenvalue weighted by molar-refractivity contribution is -0.160. The fourth-order valence-electron chi connectivity index (χ4n) is 3.39. The zero-order chi connectivity index (χ0) is 27.9. The van der Waals surface area contributed by atoms with E-state index in [1.54, 1.807) is 0 Å². The standard InChI is InChI=1S/C32H60O3Si/c1-25(2)17-14-18-28(7)19-15-21-30(31(34-26(3)4)35-27(5)6)22-16-20-29(8)23-24-33-36(12,13)32(9,10)11/h17,19,22-23,26-27,31H,14-16,18,20-21,24H2,1-13H3/b28-19+,29-23+,30-22-. The third kappa shape index (κ3) is 16.7. The summed E-state index contributed by atoms with van der Waals surface area (Å²) < 4.78 is 18.8. The lowest BCUT2D eigenvalue weighted by atomic mass is 10.0. The number of allylic oxidation sites excluding steroid dienone is 6. The van der Waals surface area contributed by atoms with E-state index in [0.717, 1.165) is 38.5 Å². The first kappa shape index (κ1) is 35.1. The zero-order valence-electron chi connectivity index (χ0n) is 26.2. The lowest BCUT2D eigenvalue weighted by Gasteiger charge is -2.35. The zero-order valence-corrected chi connectivity index (χ0v) is 27.2. The highest BCUT2D eigenvalue weighted by atomic mass is 28.4. The molecule has 0 saturated heterocycles. The molecule has 0 heterocycles. The fraction of sp³-hybridized carbons (Fsp3) is 0.750. The van der Waals surface area contributed by atoms with Gasteiger partial charge in [-0.15, -0.1) is 0 Å². The maximum absolute atomic E-state index is 6.33. The maximum atomic E-state index is 6.33. The summed E-state index contributed by atoms with van der Waals surface area (Å²) in [6, 6.07) is 0. The van der Waals surface area contributed by atoms with Crippen molar-refractivity contribution in [1.82, 2.24) is 0 Å². The van der Waals surface area contributed by atoms with E-state index in [1.165, 1.54) is 22.3 Å². The Bertz CT molecular complexity index is 719. The molecule has 0 bridgehead atoms. The molecule has 0 N–H and O–H groups in total. The van der Waals surface area contributed by atoms with E-state index >= 15 is 0 Å². The van der Waals surface area contributed by atoms with Crippen LogP contribution in [0, 0.1) is 0 Å². The molecule has 3 nitrogen and oxygen atoms in total. The van der Waals surface area contributed by atoms with Crippen molar-refractivity contribution in [2.75, 3.05) is 6.61 Å². The van der Waals surface area contributed by atoms with Crippen molar-refractivity contribution in [2.45, 2.75) is 151 Å². The topological polar surface area (TPSA) is 27.7 Å². The van der Waals surface area contributed by atoms with E-state index in [-0.39, 0.29) is 23.5 Å². The third-order valence-electron chi connectivity index (χ3n) is 6.74. The fourth-order valence-corrected chi connectivity index (χ4v) is 4.32. The van der Waals surface area contributed by atoms with E-state index < -0.39 is 8.32 Å². The van der Waals surface area contributed by atoms with Gasteiger partial charge in [0, 0.05) is 0 Å². The van der Waals surface area contributed by atoms with Crippen molar-refractivity contribution in [3.8, 4) is 0 Å². The van der Waals surface area contributed by atoms with Gasteiger partial charge in [-0.05, 0) is 118 Å². The maximum Gasteiger partial charge on any atom is 0.192 e. The largest absolute Gasteiger partial charge is 0.413 e. The van der Waals surface area contributed by atoms with Gasteiger partial charge in [0.1, 0.15) is 0 Å². The third-order valence-corrected chi connectivity index (χ3v) is 11.2. The minimum Gasteiger partial charge on any atom is -0.413 e. The second kappa shape index (κ2) is 17.5. The van der Waals surface area contributed by atoms with Gasteiger partial charge in [-0.25, -0.2) is 0 Å². The van der Waals surface area contributed by atoms with Crippen molar-refractivity contribution >= 4 is 8.32 Å². The highest BCUT2D eigenvalue weighted by molar-refractivity contribution is 6.74. The quantitative estimate of drug-likeness (QED) is 0.108. The molecule has 0 radical (unpaired) electrons. The first-order valence-electron chi connectivity index (χ1n) is 14.1. The number of ether oxygens (including phenoxy) is 2. The predicted octanol–water partition coefficient (Wildman–Crippen LogP) is 10.3. The molecule has 0 aromatic heterocycles. The van der Waals surface area contributed by atoms with Gasteiger partial charge >= 0.3 is 0 Å². The molecular formula is C32H60O3Si. The summed E-state index contributed by atoms with van der Waals surface area (Å²) in [5, 5.41) is 0.243. The van der Waals surface area contributed by atoms with Crippen molar-refractivity contribution in [3.63, 3.8) is 0 Å². The molecule has 0 rings (SSSR count). The van der Waals surface area contributed by atoms with Crippen molar-refractivity contribution in [2.24, 2.45) is 0 Å². The van der Waals surface area contributed by atoms with Crippen LogP contribution >= 0.6 is 0 Å². The molecule has 0 unspecified atom stereocenters.